The normalized spacial score (nSPS) is 11.7. The molecule has 0 spiro atoms. The lowest BCUT2D eigenvalue weighted by atomic mass is 9.91. The molecule has 0 bridgehead atoms. The van der Waals surface area contributed by atoms with Gasteiger partial charge in [-0.15, -0.1) is 0 Å². The summed E-state index contributed by atoms with van der Waals surface area (Å²) >= 11 is 0. The van der Waals surface area contributed by atoms with Crippen molar-refractivity contribution in [3.05, 3.63) is 53.1 Å². The van der Waals surface area contributed by atoms with Crippen LogP contribution in [0, 0.1) is 11.6 Å². The largest absolute Gasteiger partial charge is 0.497 e. The minimum absolute atomic E-state index is 0.252. The standard InChI is InChI=1S/C17H16F2O4/c1-21-11-4-5-15(22-2)12(8-11)13(9-20)10-6-14(18)17(19)16(7-10)23-3/h4-9,13H,1-3H3. The van der Waals surface area contributed by atoms with E-state index in [0.717, 1.165) is 6.07 Å². The van der Waals surface area contributed by atoms with Crippen LogP contribution < -0.4 is 14.2 Å². The summed E-state index contributed by atoms with van der Waals surface area (Å²) < 4.78 is 42.5. The summed E-state index contributed by atoms with van der Waals surface area (Å²) in [5.74, 6) is -2.36. The number of aldehydes is 1. The fourth-order valence-electron chi connectivity index (χ4n) is 2.33. The molecule has 0 saturated carbocycles. The summed E-state index contributed by atoms with van der Waals surface area (Å²) in [5, 5.41) is 0. The maximum atomic E-state index is 13.7. The lowest BCUT2D eigenvalue weighted by Gasteiger charge is -2.17. The monoisotopic (exact) mass is 322 g/mol. The Hall–Kier alpha value is -2.63. The number of hydrogen-bond acceptors (Lipinski definition) is 4. The first kappa shape index (κ1) is 16.7. The van der Waals surface area contributed by atoms with Crippen LogP contribution in [0.2, 0.25) is 0 Å². The fraction of sp³-hybridized carbons (Fsp3) is 0.235. The predicted octanol–water partition coefficient (Wildman–Crippen LogP) is 3.32. The molecule has 6 heteroatoms. The molecule has 0 aromatic heterocycles. The van der Waals surface area contributed by atoms with E-state index in [-0.39, 0.29) is 11.3 Å². The van der Waals surface area contributed by atoms with Crippen LogP contribution in [0.25, 0.3) is 0 Å². The lowest BCUT2D eigenvalue weighted by Crippen LogP contribution is -2.07. The topological polar surface area (TPSA) is 44.8 Å². The van der Waals surface area contributed by atoms with Gasteiger partial charge in [0.1, 0.15) is 17.8 Å². The molecule has 0 radical (unpaired) electrons. The fourth-order valence-corrected chi connectivity index (χ4v) is 2.33. The quantitative estimate of drug-likeness (QED) is 0.765. The Morgan fingerprint density at radius 1 is 0.957 bits per heavy atom. The van der Waals surface area contributed by atoms with Crippen molar-refractivity contribution in [2.75, 3.05) is 21.3 Å². The summed E-state index contributed by atoms with van der Waals surface area (Å²) in [6, 6.07) is 7.19. The minimum atomic E-state index is -1.10. The third-order valence-corrected chi connectivity index (χ3v) is 3.50. The number of halogens is 2. The molecule has 0 heterocycles. The maximum Gasteiger partial charge on any atom is 0.200 e. The van der Waals surface area contributed by atoms with Gasteiger partial charge in [-0.05, 0) is 35.9 Å². The van der Waals surface area contributed by atoms with Crippen molar-refractivity contribution in [1.29, 1.82) is 0 Å². The highest BCUT2D eigenvalue weighted by molar-refractivity contribution is 5.71. The van der Waals surface area contributed by atoms with Crippen LogP contribution in [0.5, 0.6) is 17.2 Å². The number of hydrogen-bond donors (Lipinski definition) is 0. The summed E-state index contributed by atoms with van der Waals surface area (Å²) in [4.78, 5) is 11.6. The van der Waals surface area contributed by atoms with E-state index in [1.54, 1.807) is 18.2 Å². The highest BCUT2D eigenvalue weighted by Gasteiger charge is 2.22. The molecule has 1 atom stereocenters. The van der Waals surface area contributed by atoms with E-state index in [2.05, 4.69) is 0 Å². The van der Waals surface area contributed by atoms with E-state index >= 15 is 0 Å². The molecule has 0 aliphatic carbocycles. The molecule has 0 amide bonds. The molecule has 2 aromatic rings. The first-order valence-electron chi connectivity index (χ1n) is 6.75. The summed E-state index contributed by atoms with van der Waals surface area (Å²) in [6.45, 7) is 0. The smallest absolute Gasteiger partial charge is 0.200 e. The Morgan fingerprint density at radius 3 is 2.22 bits per heavy atom. The highest BCUT2D eigenvalue weighted by Crippen LogP contribution is 2.35. The van der Waals surface area contributed by atoms with Crippen LogP contribution in [-0.2, 0) is 4.79 Å². The number of ether oxygens (including phenoxy) is 3. The molecular weight excluding hydrogens is 306 g/mol. The number of rotatable bonds is 6. The summed E-state index contributed by atoms with van der Waals surface area (Å²) in [6.07, 6.45) is 0.628. The van der Waals surface area contributed by atoms with Gasteiger partial charge in [0.25, 0.3) is 0 Å². The minimum Gasteiger partial charge on any atom is -0.497 e. The van der Waals surface area contributed by atoms with Crippen LogP contribution in [0.4, 0.5) is 8.78 Å². The van der Waals surface area contributed by atoms with Gasteiger partial charge in [0.05, 0.1) is 27.2 Å². The van der Waals surface area contributed by atoms with Gasteiger partial charge >= 0.3 is 0 Å². The Balaban J connectivity index is 2.60. The van der Waals surface area contributed by atoms with Crippen molar-refractivity contribution in [3.63, 3.8) is 0 Å². The van der Waals surface area contributed by atoms with Crippen molar-refractivity contribution >= 4 is 6.29 Å². The molecule has 0 N–H and O–H groups in total. The molecule has 23 heavy (non-hydrogen) atoms. The van der Waals surface area contributed by atoms with Gasteiger partial charge in [0.2, 0.25) is 5.82 Å². The predicted molar refractivity (Wildman–Crippen MR) is 80.4 cm³/mol. The second kappa shape index (κ2) is 7.09. The van der Waals surface area contributed by atoms with E-state index in [1.165, 1.54) is 27.4 Å². The average molecular weight is 322 g/mol. The number of benzene rings is 2. The SMILES string of the molecule is COc1ccc(OC)c(C(C=O)c2cc(F)c(F)c(OC)c2)c1. The van der Waals surface area contributed by atoms with Crippen LogP contribution >= 0.6 is 0 Å². The molecule has 0 fully saturated rings. The van der Waals surface area contributed by atoms with Crippen molar-refractivity contribution in [2.24, 2.45) is 0 Å². The second-order valence-electron chi connectivity index (χ2n) is 4.74. The molecule has 0 aliphatic heterocycles. The van der Waals surface area contributed by atoms with Gasteiger partial charge in [-0.1, -0.05) is 0 Å². The molecule has 0 saturated heterocycles. The second-order valence-corrected chi connectivity index (χ2v) is 4.74. The zero-order chi connectivity index (χ0) is 17.0. The van der Waals surface area contributed by atoms with E-state index < -0.39 is 17.6 Å². The molecule has 122 valence electrons. The van der Waals surface area contributed by atoms with Crippen molar-refractivity contribution in [2.45, 2.75) is 5.92 Å². The van der Waals surface area contributed by atoms with E-state index in [0.29, 0.717) is 23.3 Å². The maximum absolute atomic E-state index is 13.7. The summed E-state index contributed by atoms with van der Waals surface area (Å²) in [5.41, 5.74) is 0.734. The molecule has 1 unspecified atom stereocenters. The van der Waals surface area contributed by atoms with Crippen LogP contribution in [-0.4, -0.2) is 27.6 Å². The van der Waals surface area contributed by atoms with Gasteiger partial charge < -0.3 is 19.0 Å². The molecule has 2 aromatic carbocycles. The van der Waals surface area contributed by atoms with E-state index in [9.17, 15) is 13.6 Å². The molecular formula is C17H16F2O4. The van der Waals surface area contributed by atoms with E-state index in [4.69, 9.17) is 14.2 Å². The molecule has 0 aliphatic rings. The summed E-state index contributed by atoms with van der Waals surface area (Å²) in [7, 11) is 4.17. The van der Waals surface area contributed by atoms with E-state index in [1.807, 2.05) is 0 Å². The van der Waals surface area contributed by atoms with Crippen LogP contribution in [0.3, 0.4) is 0 Å². The Bertz CT molecular complexity index is 716. The lowest BCUT2D eigenvalue weighted by molar-refractivity contribution is -0.108. The highest BCUT2D eigenvalue weighted by atomic mass is 19.2. The van der Waals surface area contributed by atoms with Gasteiger partial charge in [0, 0.05) is 5.56 Å². The van der Waals surface area contributed by atoms with Crippen LogP contribution in [0.1, 0.15) is 17.0 Å². The van der Waals surface area contributed by atoms with Gasteiger partial charge in [-0.3, -0.25) is 0 Å². The zero-order valence-electron chi connectivity index (χ0n) is 12.9. The Labute approximate surface area is 132 Å². The molecule has 4 nitrogen and oxygen atoms in total. The van der Waals surface area contributed by atoms with Crippen molar-refractivity contribution in [1.82, 2.24) is 0 Å². The Kier molecular flexibility index (Phi) is 5.16. The zero-order valence-corrected chi connectivity index (χ0v) is 12.9. The average Bonchev–Trinajstić information content (AvgIpc) is 2.58. The number of methoxy groups -OCH3 is 3. The first-order valence-corrected chi connectivity index (χ1v) is 6.75. The molecule has 2 rings (SSSR count). The van der Waals surface area contributed by atoms with Crippen molar-refractivity contribution in [3.8, 4) is 17.2 Å². The number of carbonyl (C=O) groups is 1. The van der Waals surface area contributed by atoms with Crippen molar-refractivity contribution < 1.29 is 27.8 Å². The van der Waals surface area contributed by atoms with Gasteiger partial charge in [-0.2, -0.15) is 4.39 Å². The third kappa shape index (κ3) is 3.26. The first-order chi connectivity index (χ1) is 11.0. The number of carbonyl (C=O) groups excluding carboxylic acids is 1. The van der Waals surface area contributed by atoms with Crippen LogP contribution in [0.15, 0.2) is 30.3 Å². The van der Waals surface area contributed by atoms with Gasteiger partial charge in [0.15, 0.2) is 11.6 Å². The Morgan fingerprint density at radius 2 is 1.65 bits per heavy atom. The third-order valence-electron chi connectivity index (χ3n) is 3.50. The van der Waals surface area contributed by atoms with Gasteiger partial charge in [-0.25, -0.2) is 4.39 Å².